The zero-order chi connectivity index (χ0) is 22.0. The molecule has 7 nitrogen and oxygen atoms in total. The molecule has 0 aliphatic carbocycles. The van der Waals surface area contributed by atoms with Crippen molar-refractivity contribution < 1.29 is 14.6 Å². The van der Waals surface area contributed by atoms with Gasteiger partial charge in [-0.2, -0.15) is 0 Å². The van der Waals surface area contributed by atoms with Gasteiger partial charge in [-0.3, -0.25) is 9.78 Å². The minimum Gasteiger partial charge on any atom is -0.478 e. The second-order valence-electron chi connectivity index (χ2n) is 7.27. The average molecular weight is 502 g/mol. The number of unbranched alkanes of at least 4 members (excludes halogenated alkanes) is 2. The molecule has 0 amide bonds. The zero-order valence-electron chi connectivity index (χ0n) is 16.9. The summed E-state index contributed by atoms with van der Waals surface area (Å²) >= 11 is 5.02. The third kappa shape index (κ3) is 4.52. The molecule has 3 aromatic rings. The van der Waals surface area contributed by atoms with Crippen molar-refractivity contribution in [3.05, 3.63) is 68.4 Å². The molecule has 0 unspecified atom stereocenters. The lowest BCUT2D eigenvalue weighted by Gasteiger charge is -2.22. The number of thioether (sulfide) groups is 1. The van der Waals surface area contributed by atoms with Crippen molar-refractivity contribution in [2.75, 3.05) is 11.1 Å². The number of hydrogen-bond acceptors (Lipinski definition) is 5. The topological polar surface area (TPSA) is 99.0 Å². The van der Waals surface area contributed by atoms with Crippen LogP contribution >= 0.6 is 27.7 Å². The van der Waals surface area contributed by atoms with Crippen molar-refractivity contribution in [2.24, 2.45) is 0 Å². The first-order valence-electron chi connectivity index (χ1n) is 10.1. The summed E-state index contributed by atoms with van der Waals surface area (Å²) in [6.07, 6.45) is 2.88. The van der Waals surface area contributed by atoms with Gasteiger partial charge in [0.15, 0.2) is 0 Å². The van der Waals surface area contributed by atoms with Crippen LogP contribution in [0.3, 0.4) is 0 Å². The smallest absolute Gasteiger partial charge is 0.335 e. The van der Waals surface area contributed by atoms with Crippen LogP contribution in [0.5, 0.6) is 0 Å². The summed E-state index contributed by atoms with van der Waals surface area (Å²) in [5.74, 6) is -0.101. The molecule has 0 spiro atoms. The number of fused-ring (bicyclic) bond motifs is 3. The number of carboxylic acids is 1. The summed E-state index contributed by atoms with van der Waals surface area (Å²) in [6.45, 7) is 2.15. The highest BCUT2D eigenvalue weighted by Crippen LogP contribution is 2.34. The molecular formula is C22H22BrN4O3S+. The Morgan fingerprint density at radius 1 is 1.23 bits per heavy atom. The van der Waals surface area contributed by atoms with E-state index in [-0.39, 0.29) is 11.1 Å². The Morgan fingerprint density at radius 2 is 2.00 bits per heavy atom. The number of carbonyl (C=O) groups is 1. The monoisotopic (exact) mass is 501 g/mol. The number of nitrogens with one attached hydrogen (secondary N) is 2. The van der Waals surface area contributed by atoms with Crippen molar-refractivity contribution in [1.82, 2.24) is 10.1 Å². The second kappa shape index (κ2) is 9.23. The van der Waals surface area contributed by atoms with E-state index in [0.29, 0.717) is 10.9 Å². The van der Waals surface area contributed by atoms with E-state index in [1.54, 1.807) is 28.9 Å². The molecule has 2 heterocycles. The van der Waals surface area contributed by atoms with Gasteiger partial charge in [0.2, 0.25) is 5.16 Å². The molecular weight excluding hydrogens is 480 g/mol. The number of nitrogens with zero attached hydrogens (tertiary/aromatic N) is 2. The maximum absolute atomic E-state index is 13.1. The van der Waals surface area contributed by atoms with Crippen LogP contribution in [0.1, 0.15) is 48.3 Å². The van der Waals surface area contributed by atoms with Crippen LogP contribution < -0.4 is 15.6 Å². The van der Waals surface area contributed by atoms with Crippen LogP contribution in [0.25, 0.3) is 11.3 Å². The average Bonchev–Trinajstić information content (AvgIpc) is 2.76. The fourth-order valence-electron chi connectivity index (χ4n) is 3.53. The fourth-order valence-corrected chi connectivity index (χ4v) is 4.74. The van der Waals surface area contributed by atoms with Gasteiger partial charge in [0.05, 0.1) is 16.8 Å². The second-order valence-corrected chi connectivity index (χ2v) is 9.27. The van der Waals surface area contributed by atoms with Crippen molar-refractivity contribution in [1.29, 1.82) is 0 Å². The minimum absolute atomic E-state index is 0.207. The van der Waals surface area contributed by atoms with Gasteiger partial charge in [-0.1, -0.05) is 47.5 Å². The third-order valence-electron chi connectivity index (χ3n) is 5.10. The third-order valence-corrected chi connectivity index (χ3v) is 6.54. The number of hydrogen-bond donors (Lipinski definition) is 3. The summed E-state index contributed by atoms with van der Waals surface area (Å²) in [5, 5.41) is 18.0. The Labute approximate surface area is 192 Å². The number of benzene rings is 2. The Kier molecular flexibility index (Phi) is 6.43. The number of aromatic nitrogens is 3. The lowest BCUT2D eigenvalue weighted by Crippen LogP contribution is -2.55. The molecule has 0 saturated carbocycles. The Balaban J connectivity index is 1.80. The maximum Gasteiger partial charge on any atom is 0.335 e. The van der Waals surface area contributed by atoms with E-state index in [1.165, 1.54) is 11.8 Å². The van der Waals surface area contributed by atoms with Crippen molar-refractivity contribution >= 4 is 39.3 Å². The van der Waals surface area contributed by atoms with Crippen LogP contribution in [-0.2, 0) is 0 Å². The number of aromatic amines is 1. The van der Waals surface area contributed by atoms with Gasteiger partial charge in [-0.15, -0.1) is 0 Å². The van der Waals surface area contributed by atoms with Crippen LogP contribution in [0.15, 0.2) is 56.9 Å². The zero-order valence-corrected chi connectivity index (χ0v) is 19.3. The standard InChI is InChI=1S/C22H21BrN4O3S/c1-2-3-4-11-31-22-25-20(28)18-16-12-15(23)9-10-17(16)24-19(27(18)26-22)13-5-7-14(8-6-13)21(29)30/h5-10,12,19H,2-4,11H2,1H3,(H2,25,26,28,29,30)/p+1/t19-/m0/s1. The maximum atomic E-state index is 13.1. The molecule has 1 atom stereocenters. The van der Waals surface area contributed by atoms with Gasteiger partial charge in [0.25, 0.3) is 6.17 Å². The largest absolute Gasteiger partial charge is 0.478 e. The number of anilines is 1. The highest BCUT2D eigenvalue weighted by atomic mass is 79.9. The van der Waals surface area contributed by atoms with Gasteiger partial charge in [-0.25, -0.2) is 4.79 Å². The molecule has 31 heavy (non-hydrogen) atoms. The first-order chi connectivity index (χ1) is 15.0. The van der Waals surface area contributed by atoms with Gasteiger partial charge >= 0.3 is 17.2 Å². The van der Waals surface area contributed by atoms with Crippen LogP contribution in [0.2, 0.25) is 0 Å². The SMILES string of the molecule is CCCCCSc1n[n+]2c(c(=O)[nH]1)-c1cc(Br)ccc1N[C@@H]2c1ccc(C(=O)O)cc1. The predicted octanol–water partition coefficient (Wildman–Crippen LogP) is 4.44. The van der Waals surface area contributed by atoms with Crippen LogP contribution in [-0.4, -0.2) is 26.9 Å². The van der Waals surface area contributed by atoms with E-state index in [2.05, 4.69) is 33.2 Å². The van der Waals surface area contributed by atoms with E-state index in [1.807, 2.05) is 18.2 Å². The molecule has 0 fully saturated rings. The number of carboxylic acid groups (broad SMARTS) is 1. The molecule has 0 radical (unpaired) electrons. The van der Waals surface area contributed by atoms with Crippen LogP contribution in [0, 0.1) is 0 Å². The van der Waals surface area contributed by atoms with Crippen molar-refractivity contribution in [3.8, 4) is 11.3 Å². The highest BCUT2D eigenvalue weighted by Gasteiger charge is 2.37. The molecule has 0 saturated heterocycles. The van der Waals surface area contributed by atoms with E-state index < -0.39 is 12.1 Å². The Morgan fingerprint density at radius 3 is 2.71 bits per heavy atom. The summed E-state index contributed by atoms with van der Waals surface area (Å²) in [7, 11) is 0. The van der Waals surface area contributed by atoms with Gasteiger partial charge in [0, 0.05) is 20.9 Å². The molecule has 4 rings (SSSR count). The molecule has 160 valence electrons. The predicted molar refractivity (Wildman–Crippen MR) is 124 cm³/mol. The molecule has 2 aromatic carbocycles. The van der Waals surface area contributed by atoms with Gasteiger partial charge in [0.1, 0.15) is 0 Å². The van der Waals surface area contributed by atoms with E-state index >= 15 is 0 Å². The Bertz CT molecular complexity index is 1180. The fraction of sp³-hybridized carbons (Fsp3) is 0.273. The molecule has 1 aromatic heterocycles. The van der Waals surface area contributed by atoms with Crippen LogP contribution in [0.4, 0.5) is 5.69 Å². The minimum atomic E-state index is -0.980. The summed E-state index contributed by atoms with van der Waals surface area (Å²) in [5.41, 5.74) is 2.83. The summed E-state index contributed by atoms with van der Waals surface area (Å²) in [4.78, 5) is 27.3. The van der Waals surface area contributed by atoms with Crippen molar-refractivity contribution in [2.45, 2.75) is 37.5 Å². The lowest BCUT2D eigenvalue weighted by atomic mass is 10.0. The highest BCUT2D eigenvalue weighted by molar-refractivity contribution is 9.10. The van der Waals surface area contributed by atoms with E-state index in [9.17, 15) is 14.7 Å². The molecule has 1 aliphatic heterocycles. The molecule has 9 heteroatoms. The normalized spacial score (nSPS) is 14.5. The number of aromatic carboxylic acids is 1. The quantitative estimate of drug-likeness (QED) is 0.251. The Hall–Kier alpha value is -2.65. The summed E-state index contributed by atoms with van der Waals surface area (Å²) in [6, 6.07) is 12.3. The van der Waals surface area contributed by atoms with E-state index in [4.69, 9.17) is 5.10 Å². The van der Waals surface area contributed by atoms with E-state index in [0.717, 1.165) is 46.3 Å². The number of halogens is 1. The van der Waals surface area contributed by atoms with Gasteiger partial charge in [-0.05, 0) is 53.6 Å². The molecule has 3 N–H and O–H groups in total. The first kappa shape index (κ1) is 21.6. The van der Waals surface area contributed by atoms with Gasteiger partial charge < -0.3 is 10.4 Å². The number of H-pyrrole nitrogens is 1. The lowest BCUT2D eigenvalue weighted by molar-refractivity contribution is -0.759. The molecule has 1 aliphatic rings. The first-order valence-corrected chi connectivity index (χ1v) is 11.8. The van der Waals surface area contributed by atoms with Crippen molar-refractivity contribution in [3.63, 3.8) is 0 Å². The molecule has 0 bridgehead atoms. The number of rotatable bonds is 7. The summed E-state index contributed by atoms with van der Waals surface area (Å²) < 4.78 is 2.56.